The summed E-state index contributed by atoms with van der Waals surface area (Å²) in [6.45, 7) is 3.60. The Bertz CT molecular complexity index is 288. The molecule has 0 aliphatic rings. The van der Waals surface area contributed by atoms with E-state index in [1.807, 2.05) is 13.8 Å². The Morgan fingerprint density at radius 1 is 1.19 bits per heavy atom. The molecule has 0 aromatic carbocycles. The predicted octanol–water partition coefficient (Wildman–Crippen LogP) is 1.55. The summed E-state index contributed by atoms with van der Waals surface area (Å²) in [7, 11) is 2.33. The van der Waals surface area contributed by atoms with E-state index in [0.717, 1.165) is 18.2 Å². The van der Waals surface area contributed by atoms with Crippen molar-refractivity contribution in [2.75, 3.05) is 46.0 Å². The molecule has 0 rings (SSSR count). The Labute approximate surface area is 132 Å². The van der Waals surface area contributed by atoms with Crippen molar-refractivity contribution in [1.29, 1.82) is 0 Å². The van der Waals surface area contributed by atoms with Crippen LogP contribution in [0.15, 0.2) is 0 Å². The summed E-state index contributed by atoms with van der Waals surface area (Å²) in [5.41, 5.74) is -0.557. The number of rotatable bonds is 12. The van der Waals surface area contributed by atoms with Crippen molar-refractivity contribution >= 4 is 26.5 Å². The van der Waals surface area contributed by atoms with Crippen LogP contribution in [0.3, 0.4) is 0 Å². The highest BCUT2D eigenvalue weighted by Crippen LogP contribution is 2.25. The van der Waals surface area contributed by atoms with Crippen molar-refractivity contribution in [2.24, 2.45) is 5.41 Å². The second kappa shape index (κ2) is 10.6. The number of hydrogen-bond donors (Lipinski definition) is 1. The third kappa shape index (κ3) is 7.62. The Morgan fingerprint density at radius 2 is 1.76 bits per heavy atom. The van der Waals surface area contributed by atoms with Gasteiger partial charge in [0.1, 0.15) is 6.61 Å². The van der Waals surface area contributed by atoms with Crippen molar-refractivity contribution in [1.82, 2.24) is 0 Å². The van der Waals surface area contributed by atoms with Crippen LogP contribution in [0.2, 0.25) is 6.04 Å². The highest BCUT2D eigenvalue weighted by molar-refractivity contribution is 7.99. The SMILES string of the molecule is CO[Si](CCCSCC(C)(C)C(=O)OCCO)(OC)OC. The number of aliphatic hydroxyl groups is 1. The number of carbonyl (C=O) groups is 1. The first-order valence-electron chi connectivity index (χ1n) is 6.88. The Balaban J connectivity index is 4.01. The third-order valence-corrected chi connectivity index (χ3v) is 7.38. The van der Waals surface area contributed by atoms with Gasteiger partial charge in [-0.15, -0.1) is 0 Å². The van der Waals surface area contributed by atoms with Crippen LogP contribution in [0.5, 0.6) is 0 Å². The molecule has 0 saturated heterocycles. The van der Waals surface area contributed by atoms with Gasteiger partial charge in [0.15, 0.2) is 0 Å². The topological polar surface area (TPSA) is 74.2 Å². The van der Waals surface area contributed by atoms with E-state index in [0.29, 0.717) is 5.75 Å². The summed E-state index contributed by atoms with van der Waals surface area (Å²) in [6, 6.07) is 0.749. The standard InChI is InChI=1S/C13H28O6SSi/c1-13(2,12(15)19-8-7-14)11-20-9-6-10-21(16-3,17-4)18-5/h14H,6-11H2,1-5H3. The molecule has 0 aromatic heterocycles. The van der Waals surface area contributed by atoms with Gasteiger partial charge in [0, 0.05) is 33.1 Å². The van der Waals surface area contributed by atoms with Crippen LogP contribution in [-0.2, 0) is 22.8 Å². The van der Waals surface area contributed by atoms with Gasteiger partial charge in [-0.1, -0.05) is 0 Å². The number of hydrogen-bond acceptors (Lipinski definition) is 7. The average Bonchev–Trinajstić information content (AvgIpc) is 2.49. The summed E-state index contributed by atoms with van der Waals surface area (Å²) >= 11 is 1.69. The number of esters is 1. The van der Waals surface area contributed by atoms with E-state index in [9.17, 15) is 4.79 Å². The van der Waals surface area contributed by atoms with E-state index in [1.165, 1.54) is 0 Å². The molecule has 1 N–H and O–H groups in total. The van der Waals surface area contributed by atoms with Crippen LogP contribution in [-0.4, -0.2) is 65.9 Å². The summed E-state index contributed by atoms with van der Waals surface area (Å²) < 4.78 is 21.0. The number of aliphatic hydroxyl groups excluding tert-OH is 1. The zero-order chi connectivity index (χ0) is 16.4. The zero-order valence-corrected chi connectivity index (χ0v) is 15.5. The van der Waals surface area contributed by atoms with Crippen LogP contribution in [0.25, 0.3) is 0 Å². The first-order valence-corrected chi connectivity index (χ1v) is 9.97. The van der Waals surface area contributed by atoms with Crippen molar-refractivity contribution in [2.45, 2.75) is 26.3 Å². The molecule has 0 atom stereocenters. The molecule has 0 radical (unpaired) electrons. The molecule has 126 valence electrons. The predicted molar refractivity (Wildman–Crippen MR) is 85.4 cm³/mol. The van der Waals surface area contributed by atoms with Gasteiger partial charge in [-0.05, 0) is 26.0 Å². The smallest absolute Gasteiger partial charge is 0.463 e. The normalized spacial score (nSPS) is 12.5. The van der Waals surface area contributed by atoms with E-state index in [2.05, 4.69) is 0 Å². The van der Waals surface area contributed by atoms with E-state index in [4.69, 9.17) is 23.1 Å². The molecule has 0 fully saturated rings. The second-order valence-corrected chi connectivity index (χ2v) is 9.39. The average molecular weight is 341 g/mol. The van der Waals surface area contributed by atoms with E-state index < -0.39 is 14.2 Å². The lowest BCUT2D eigenvalue weighted by atomic mass is 9.97. The molecule has 0 amide bonds. The maximum absolute atomic E-state index is 11.8. The summed E-state index contributed by atoms with van der Waals surface area (Å²) in [6.07, 6.45) is 0.897. The first-order chi connectivity index (χ1) is 9.87. The minimum atomic E-state index is -2.49. The van der Waals surface area contributed by atoms with Gasteiger partial charge in [-0.2, -0.15) is 11.8 Å². The number of thioether (sulfide) groups is 1. The fraction of sp³-hybridized carbons (Fsp3) is 0.923. The van der Waals surface area contributed by atoms with Crippen LogP contribution in [0, 0.1) is 5.41 Å². The van der Waals surface area contributed by atoms with Gasteiger partial charge in [0.05, 0.1) is 12.0 Å². The Morgan fingerprint density at radius 3 is 2.24 bits per heavy atom. The molecule has 0 spiro atoms. The number of carbonyl (C=O) groups excluding carboxylic acids is 1. The first kappa shape index (κ1) is 20.9. The lowest BCUT2D eigenvalue weighted by Gasteiger charge is -2.25. The van der Waals surface area contributed by atoms with Gasteiger partial charge in [0.2, 0.25) is 0 Å². The molecule has 8 heteroatoms. The molecule has 0 unspecified atom stereocenters. The summed E-state index contributed by atoms with van der Waals surface area (Å²) in [5.74, 6) is 1.28. The van der Waals surface area contributed by atoms with E-state index in [-0.39, 0.29) is 19.2 Å². The van der Waals surface area contributed by atoms with Crippen LogP contribution in [0.4, 0.5) is 0 Å². The highest BCUT2D eigenvalue weighted by atomic mass is 32.2. The van der Waals surface area contributed by atoms with Gasteiger partial charge in [0.25, 0.3) is 0 Å². The van der Waals surface area contributed by atoms with Crippen molar-refractivity contribution in [3.8, 4) is 0 Å². The van der Waals surface area contributed by atoms with Crippen molar-refractivity contribution in [3.05, 3.63) is 0 Å². The maximum Gasteiger partial charge on any atom is 0.500 e. The second-order valence-electron chi connectivity index (χ2n) is 5.19. The van der Waals surface area contributed by atoms with Crippen molar-refractivity contribution < 1.29 is 27.9 Å². The third-order valence-electron chi connectivity index (χ3n) is 3.04. The van der Waals surface area contributed by atoms with Gasteiger partial charge in [-0.25, -0.2) is 0 Å². The largest absolute Gasteiger partial charge is 0.500 e. The monoisotopic (exact) mass is 340 g/mol. The number of ether oxygens (including phenoxy) is 1. The zero-order valence-electron chi connectivity index (χ0n) is 13.6. The fourth-order valence-electron chi connectivity index (χ4n) is 1.67. The van der Waals surface area contributed by atoms with Crippen LogP contribution < -0.4 is 0 Å². The fourth-order valence-corrected chi connectivity index (χ4v) is 4.77. The highest BCUT2D eigenvalue weighted by Gasteiger charge is 2.37. The van der Waals surface area contributed by atoms with Crippen molar-refractivity contribution in [3.63, 3.8) is 0 Å². The molecule has 0 saturated carbocycles. The van der Waals surface area contributed by atoms with Gasteiger partial charge < -0.3 is 23.1 Å². The lowest BCUT2D eigenvalue weighted by molar-refractivity contribution is -0.153. The maximum atomic E-state index is 11.8. The summed E-state index contributed by atoms with van der Waals surface area (Å²) in [4.78, 5) is 11.8. The molecule has 0 aromatic rings. The molecule has 0 bridgehead atoms. The molecule has 0 aliphatic carbocycles. The van der Waals surface area contributed by atoms with E-state index >= 15 is 0 Å². The minimum absolute atomic E-state index is 0.0521. The molecular formula is C13H28O6SSi. The molecule has 6 nitrogen and oxygen atoms in total. The molecular weight excluding hydrogens is 312 g/mol. The molecule has 21 heavy (non-hydrogen) atoms. The van der Waals surface area contributed by atoms with Crippen LogP contribution >= 0.6 is 11.8 Å². The quantitative estimate of drug-likeness (QED) is 0.328. The molecule has 0 aliphatic heterocycles. The Hall–Kier alpha value is -0.123. The van der Waals surface area contributed by atoms with Gasteiger partial charge in [-0.3, -0.25) is 4.79 Å². The van der Waals surface area contributed by atoms with Gasteiger partial charge >= 0.3 is 14.8 Å². The Kier molecular flexibility index (Phi) is 10.5. The van der Waals surface area contributed by atoms with Crippen LogP contribution in [0.1, 0.15) is 20.3 Å². The molecule has 0 heterocycles. The summed E-state index contributed by atoms with van der Waals surface area (Å²) in [5, 5.41) is 8.66. The lowest BCUT2D eigenvalue weighted by Crippen LogP contribution is -2.42. The van der Waals surface area contributed by atoms with E-state index in [1.54, 1.807) is 33.1 Å². The minimum Gasteiger partial charge on any atom is -0.463 e.